The number of anilines is 1. The van der Waals surface area contributed by atoms with Crippen molar-refractivity contribution >= 4 is 30.8 Å². The van der Waals surface area contributed by atoms with Gasteiger partial charge < -0.3 is 38.3 Å². The molecule has 0 spiro atoms. The summed E-state index contributed by atoms with van der Waals surface area (Å²) in [4.78, 5) is 92.8. The van der Waals surface area contributed by atoms with E-state index in [0.717, 1.165) is 41.2 Å². The maximum atomic E-state index is 18.4. The van der Waals surface area contributed by atoms with Crippen molar-refractivity contribution in [2.75, 3.05) is 46.3 Å². The molecule has 3 amide bonds. The number of hydrogen-bond donors (Lipinski definition) is 2. The Morgan fingerprint density at radius 3 is 1.74 bits per heavy atom. The average molecular weight is 1370 g/mol. The van der Waals surface area contributed by atoms with Gasteiger partial charge in [0.15, 0.2) is 25.9 Å². The highest BCUT2D eigenvalue weighted by Crippen LogP contribution is 2.61. The van der Waals surface area contributed by atoms with Crippen molar-refractivity contribution in [3.8, 4) is 17.6 Å². The topological polar surface area (TPSA) is 256 Å². The second kappa shape index (κ2) is 36.8. The minimum atomic E-state index is -3.72. The average Bonchev–Trinajstić information content (AvgIpc) is 1.33. The quantitative estimate of drug-likeness (QED) is 0.0207. The fourth-order valence-electron chi connectivity index (χ4n) is 13.8. The molecule has 2 N–H and O–H groups in total. The molecule has 98 heavy (non-hydrogen) atoms. The van der Waals surface area contributed by atoms with Crippen LogP contribution < -0.4 is 31.7 Å². The van der Waals surface area contributed by atoms with E-state index in [4.69, 9.17) is 28.4 Å². The molecule has 0 unspecified atom stereocenters. The minimum absolute atomic E-state index is 0.0993. The number of unbranched alkanes of at least 4 members (excludes halogenated alkanes) is 13. The molecule has 6 aromatic rings. The summed E-state index contributed by atoms with van der Waals surface area (Å²) in [6.45, 7) is 8.16. The second-order valence-corrected chi connectivity index (χ2v) is 29.9. The van der Waals surface area contributed by atoms with E-state index in [1.54, 1.807) is 72.2 Å². The SMILES string of the molecule is CCCCCCCCCCCCCCCCC(=O)N(C[C@H]1O[C@@H](n2ccc(NC(=O)c3ccccc3)nc2=O)[C@H](F)[C@@H]1N(CCC#N)P(=O)(C(C)C)C(C)C)C(=O)C[C@H]1[C@@H](OC)[C@H](n2ccc(=O)[nH]c2=O)O[C@@H]1COC(c1ccccc1)(c1ccc(OC)cc1)c1ccc(OC)cc1. The molecule has 2 fully saturated rings. The van der Waals surface area contributed by atoms with Crippen molar-refractivity contribution in [2.24, 2.45) is 5.92 Å². The van der Waals surface area contributed by atoms with Gasteiger partial charge in [0.1, 0.15) is 29.0 Å². The first kappa shape index (κ1) is 75.9. The smallest absolute Gasteiger partial charge is 0.351 e. The summed E-state index contributed by atoms with van der Waals surface area (Å²) in [5, 5.41) is 12.8. The van der Waals surface area contributed by atoms with Gasteiger partial charge >= 0.3 is 11.4 Å². The number of rotatable bonds is 38. The molecule has 528 valence electrons. The third-order valence-corrected chi connectivity index (χ3v) is 23.2. The number of hydrogen-bond acceptors (Lipinski definition) is 15. The number of benzene rings is 4. The van der Waals surface area contributed by atoms with Gasteiger partial charge in [0, 0.05) is 74.2 Å². The van der Waals surface area contributed by atoms with Crippen LogP contribution in [0.15, 0.2) is 148 Å². The number of ether oxygens (including phenoxy) is 6. The molecule has 8 atom stereocenters. The first-order chi connectivity index (χ1) is 47.3. The third-order valence-electron chi connectivity index (χ3n) is 19.0. The van der Waals surface area contributed by atoms with Crippen molar-refractivity contribution in [3.63, 3.8) is 0 Å². The Balaban J connectivity index is 1.18. The number of carbonyl (C=O) groups is 3. The number of alkyl halides is 1. The van der Waals surface area contributed by atoms with E-state index in [1.807, 2.05) is 78.9 Å². The number of methoxy groups -OCH3 is 3. The van der Waals surface area contributed by atoms with Crippen LogP contribution in [0.4, 0.5) is 10.2 Å². The van der Waals surface area contributed by atoms with E-state index < -0.39 is 121 Å². The molecule has 23 heteroatoms. The predicted octanol–water partition coefficient (Wildman–Crippen LogP) is 13.1. The summed E-state index contributed by atoms with van der Waals surface area (Å²) >= 11 is 0. The number of carbonyl (C=O) groups excluding carboxylic acids is 3. The largest absolute Gasteiger partial charge is 0.497 e. The zero-order chi connectivity index (χ0) is 70.4. The van der Waals surface area contributed by atoms with E-state index in [9.17, 15) is 24.4 Å². The maximum absolute atomic E-state index is 18.4. The number of aromatic amines is 1. The summed E-state index contributed by atoms with van der Waals surface area (Å²) in [6.07, 6.45) is 7.74. The van der Waals surface area contributed by atoms with Crippen LogP contribution in [0.2, 0.25) is 0 Å². The van der Waals surface area contributed by atoms with Crippen LogP contribution in [0.25, 0.3) is 0 Å². The lowest BCUT2D eigenvalue weighted by molar-refractivity contribution is -0.149. The van der Waals surface area contributed by atoms with E-state index in [0.29, 0.717) is 46.6 Å². The van der Waals surface area contributed by atoms with Crippen molar-refractivity contribution < 1.29 is 51.8 Å². The molecule has 2 aliphatic rings. The van der Waals surface area contributed by atoms with Gasteiger partial charge in [-0.1, -0.05) is 191 Å². The molecule has 2 aromatic heterocycles. The molecule has 4 heterocycles. The zero-order valence-corrected chi connectivity index (χ0v) is 58.8. The van der Waals surface area contributed by atoms with Gasteiger partial charge in [-0.25, -0.2) is 18.6 Å². The van der Waals surface area contributed by atoms with E-state index in [-0.39, 0.29) is 31.8 Å². The van der Waals surface area contributed by atoms with Crippen molar-refractivity contribution in [1.82, 2.24) is 28.7 Å². The highest BCUT2D eigenvalue weighted by atomic mass is 31.2. The summed E-state index contributed by atoms with van der Waals surface area (Å²) in [5.41, 5.74) is -2.70. The monoisotopic (exact) mass is 1370 g/mol. The fourth-order valence-corrected chi connectivity index (χ4v) is 17.3. The number of nitrogens with one attached hydrogen (secondary N) is 2. The van der Waals surface area contributed by atoms with Crippen LogP contribution in [0.3, 0.4) is 0 Å². The van der Waals surface area contributed by atoms with Gasteiger partial charge in [0.05, 0.1) is 51.7 Å². The summed E-state index contributed by atoms with van der Waals surface area (Å²) < 4.78 is 76.2. The fraction of sp³-hybridized carbons (Fsp3) is 0.520. The van der Waals surface area contributed by atoms with Gasteiger partial charge in [0.2, 0.25) is 11.8 Å². The first-order valence-electron chi connectivity index (χ1n) is 34.6. The van der Waals surface area contributed by atoms with Gasteiger partial charge in [-0.3, -0.25) is 38.2 Å². The molecule has 0 saturated carbocycles. The van der Waals surface area contributed by atoms with E-state index >= 15 is 18.5 Å². The van der Waals surface area contributed by atoms with Gasteiger partial charge in [-0.15, -0.1) is 0 Å². The molecule has 2 aliphatic heterocycles. The van der Waals surface area contributed by atoms with Crippen LogP contribution in [-0.2, 0) is 38.7 Å². The summed E-state index contributed by atoms with van der Waals surface area (Å²) in [7, 11) is 0.818. The third kappa shape index (κ3) is 18.5. The molecule has 0 aliphatic carbocycles. The first-order valence-corrected chi connectivity index (χ1v) is 36.4. The molecule has 21 nitrogen and oxygen atoms in total. The normalized spacial score (nSPS) is 19.4. The Bertz CT molecular complexity index is 3730. The Labute approximate surface area is 574 Å². The lowest BCUT2D eigenvalue weighted by atomic mass is 9.79. The summed E-state index contributed by atoms with van der Waals surface area (Å²) in [5.74, 6) is -1.89. The predicted molar refractivity (Wildman–Crippen MR) is 374 cm³/mol. The number of nitriles is 1. The summed E-state index contributed by atoms with van der Waals surface area (Å²) in [6, 6.07) is 35.7. The number of halogens is 1. The van der Waals surface area contributed by atoms with Crippen molar-refractivity contribution in [3.05, 3.63) is 187 Å². The van der Waals surface area contributed by atoms with Crippen LogP contribution in [0.1, 0.15) is 183 Å². The molecule has 2 saturated heterocycles. The van der Waals surface area contributed by atoms with Crippen LogP contribution in [-0.4, -0.2) is 129 Å². The molecule has 0 radical (unpaired) electrons. The molecular weight excluding hydrogens is 1270 g/mol. The minimum Gasteiger partial charge on any atom is -0.497 e. The van der Waals surface area contributed by atoms with Gasteiger partial charge in [-0.2, -0.15) is 10.2 Å². The molecular formula is C75H98FN8O13P. The highest BCUT2D eigenvalue weighted by molar-refractivity contribution is 7.62. The Morgan fingerprint density at radius 1 is 0.694 bits per heavy atom. The number of imide groups is 1. The highest BCUT2D eigenvalue weighted by Gasteiger charge is 2.56. The number of H-pyrrole nitrogens is 1. The Morgan fingerprint density at radius 2 is 1.22 bits per heavy atom. The molecule has 8 rings (SSSR count). The van der Waals surface area contributed by atoms with Gasteiger partial charge in [-0.05, 0) is 65.6 Å². The lowest BCUT2D eigenvalue weighted by Crippen LogP contribution is -2.52. The zero-order valence-electron chi connectivity index (χ0n) is 57.9. The lowest BCUT2D eigenvalue weighted by Gasteiger charge is -2.43. The Kier molecular flexibility index (Phi) is 28.5. The van der Waals surface area contributed by atoms with Gasteiger partial charge in [0.25, 0.3) is 11.5 Å². The van der Waals surface area contributed by atoms with E-state index in [1.165, 1.54) is 86.2 Å². The number of nitrogens with zero attached hydrogens (tertiary/aromatic N) is 6. The number of aromatic nitrogens is 4. The van der Waals surface area contributed by atoms with Crippen LogP contribution in [0, 0.1) is 17.2 Å². The number of amides is 3. The Hall–Kier alpha value is -7.90. The molecule has 4 aromatic carbocycles. The van der Waals surface area contributed by atoms with E-state index in [2.05, 4.69) is 28.3 Å². The molecule has 0 bridgehead atoms. The van der Waals surface area contributed by atoms with Crippen molar-refractivity contribution in [2.45, 2.75) is 204 Å². The van der Waals surface area contributed by atoms with Crippen LogP contribution in [0.5, 0.6) is 11.5 Å². The standard InChI is InChI=1S/C75H98FN8O13P/c1-9-10-11-12-13-14-15-16-17-18-19-20-21-28-34-65(86)83(50-61-68(84(46-29-45-77)98(91,52(2)3)53(4)5)67(76)71(96-61)81-47-43-63(79-73(81)89)78-70(88)54-30-24-22-25-31-54)66(87)49-60-62(97-72(69(60)94-8)82-48-44-64(85)80-74(82)90)51-95-75(55-32-26-23-27-33-55,56-35-39-58(92-6)40-36-56)57-37-41-59(93-7)42-38-57/h22-27,30-33,35-44,47-48,52-53,60-62,67-69,71-72H,9-21,28-29,34,46,49-51H2,1-8H3,(H,80,85,90)(H,78,79,88,89)/t60-,61-,62-,67-,68-,69-,71-,72-/m1/s1. The van der Waals surface area contributed by atoms with Crippen molar-refractivity contribution in [1.29, 1.82) is 5.26 Å². The maximum Gasteiger partial charge on any atom is 0.351 e. The second-order valence-electron chi connectivity index (χ2n) is 26.0. The van der Waals surface area contributed by atoms with Crippen LogP contribution >= 0.6 is 7.29 Å².